The summed E-state index contributed by atoms with van der Waals surface area (Å²) >= 11 is 0.718. The first kappa shape index (κ1) is 25.0. The summed E-state index contributed by atoms with van der Waals surface area (Å²) in [5, 5.41) is 8.38. The third-order valence-corrected chi connectivity index (χ3v) is 5.18. The number of carboxylic acids is 1. The Hall–Kier alpha value is -3.27. The normalized spacial score (nSPS) is 15.6. The summed E-state index contributed by atoms with van der Waals surface area (Å²) in [4.78, 5) is 49.1. The van der Waals surface area contributed by atoms with Crippen molar-refractivity contribution in [3.05, 3.63) is 40.8 Å². The molecule has 32 heavy (non-hydrogen) atoms. The predicted molar refractivity (Wildman–Crippen MR) is 119 cm³/mol. The van der Waals surface area contributed by atoms with Gasteiger partial charge in [0.05, 0.1) is 18.1 Å². The number of allylic oxidation sites excluding steroid dienone is 1. The number of amides is 2. The zero-order chi connectivity index (χ0) is 23.8. The summed E-state index contributed by atoms with van der Waals surface area (Å²) in [6, 6.07) is 2.25. The van der Waals surface area contributed by atoms with Crippen molar-refractivity contribution >= 4 is 40.9 Å². The lowest BCUT2D eigenvalue weighted by Crippen LogP contribution is -2.42. The molecule has 9 nitrogen and oxygen atoms in total. The Labute approximate surface area is 190 Å². The van der Waals surface area contributed by atoms with Crippen molar-refractivity contribution in [3.63, 3.8) is 0 Å². The van der Waals surface area contributed by atoms with Crippen LogP contribution in [-0.4, -0.2) is 59.0 Å². The van der Waals surface area contributed by atoms with Crippen molar-refractivity contribution in [1.82, 2.24) is 4.90 Å². The number of aliphatic carboxylic acids is 1. The van der Waals surface area contributed by atoms with Crippen LogP contribution in [0.2, 0.25) is 0 Å². The third-order valence-electron chi connectivity index (χ3n) is 4.29. The number of hydrogen-bond donors (Lipinski definition) is 1. The molecule has 0 unspecified atom stereocenters. The molecule has 1 saturated heterocycles. The lowest BCUT2D eigenvalue weighted by Gasteiger charge is -2.19. The van der Waals surface area contributed by atoms with Gasteiger partial charge in [-0.05, 0) is 62.7 Å². The number of carbonyl (C=O) groups excluding carboxylic acids is 3. The minimum absolute atomic E-state index is 0.136. The second-order valence-electron chi connectivity index (χ2n) is 6.60. The Morgan fingerprint density at radius 1 is 1.22 bits per heavy atom. The molecule has 1 aliphatic rings. The van der Waals surface area contributed by atoms with Gasteiger partial charge in [-0.1, -0.05) is 6.08 Å². The number of thioether (sulfide) groups is 1. The van der Waals surface area contributed by atoms with Crippen LogP contribution < -0.4 is 9.47 Å². The van der Waals surface area contributed by atoms with Crippen LogP contribution in [0.15, 0.2) is 29.7 Å². The molecule has 0 radical (unpaired) electrons. The molecule has 0 saturated carbocycles. The molecule has 1 aromatic rings. The van der Waals surface area contributed by atoms with Crippen LogP contribution >= 0.6 is 11.8 Å². The Morgan fingerprint density at radius 2 is 1.94 bits per heavy atom. The van der Waals surface area contributed by atoms with Crippen molar-refractivity contribution in [2.45, 2.75) is 33.2 Å². The Balaban J connectivity index is 2.43. The monoisotopic (exact) mass is 463 g/mol. The van der Waals surface area contributed by atoms with Crippen LogP contribution in [-0.2, 0) is 25.5 Å². The maximum atomic E-state index is 12.8. The highest BCUT2D eigenvalue weighted by atomic mass is 32.2. The van der Waals surface area contributed by atoms with Gasteiger partial charge in [0, 0.05) is 5.56 Å². The zero-order valence-corrected chi connectivity index (χ0v) is 18.9. The van der Waals surface area contributed by atoms with E-state index in [0.717, 1.165) is 16.7 Å². The van der Waals surface area contributed by atoms with Crippen LogP contribution in [0.25, 0.3) is 6.08 Å². The van der Waals surface area contributed by atoms with E-state index in [1.807, 2.05) is 0 Å². The van der Waals surface area contributed by atoms with E-state index < -0.39 is 35.7 Å². The van der Waals surface area contributed by atoms with Crippen LogP contribution in [0.4, 0.5) is 4.79 Å². The van der Waals surface area contributed by atoms with Gasteiger partial charge in [0.2, 0.25) is 0 Å². The lowest BCUT2D eigenvalue weighted by atomic mass is 10.0. The number of imide groups is 1. The van der Waals surface area contributed by atoms with Crippen LogP contribution in [0, 0.1) is 0 Å². The zero-order valence-electron chi connectivity index (χ0n) is 18.1. The van der Waals surface area contributed by atoms with Gasteiger partial charge in [-0.3, -0.25) is 14.5 Å². The largest absolute Gasteiger partial charge is 0.490 e. The van der Waals surface area contributed by atoms with Gasteiger partial charge in [0.25, 0.3) is 11.1 Å². The molecule has 1 aromatic carbocycles. The molecule has 172 valence electrons. The highest BCUT2D eigenvalue weighted by Gasteiger charge is 2.41. The highest BCUT2D eigenvalue weighted by Crippen LogP contribution is 2.38. The number of nitrogens with zero attached hydrogens (tertiary/aromatic N) is 1. The first-order valence-corrected chi connectivity index (χ1v) is 10.7. The molecule has 1 aliphatic heterocycles. The van der Waals surface area contributed by atoms with Gasteiger partial charge < -0.3 is 19.3 Å². The van der Waals surface area contributed by atoms with Crippen molar-refractivity contribution < 1.29 is 38.5 Å². The number of rotatable bonds is 11. The topological polar surface area (TPSA) is 119 Å². The average molecular weight is 464 g/mol. The van der Waals surface area contributed by atoms with Gasteiger partial charge >= 0.3 is 11.9 Å². The summed E-state index contributed by atoms with van der Waals surface area (Å²) < 4.78 is 15.9. The average Bonchev–Trinajstić information content (AvgIpc) is 3.00. The van der Waals surface area contributed by atoms with Gasteiger partial charge in [-0.15, -0.1) is 6.58 Å². The number of ether oxygens (including phenoxy) is 3. The SMILES string of the molecule is C=CCc1cc(/C=C2/SC(=O)N([C@@H](C)C(=O)OCC)C2=O)cc(OCC)c1OCC(=O)O. The van der Waals surface area contributed by atoms with E-state index >= 15 is 0 Å². The van der Waals surface area contributed by atoms with E-state index in [1.54, 1.807) is 32.1 Å². The van der Waals surface area contributed by atoms with E-state index in [0.29, 0.717) is 29.9 Å². The Kier molecular flexibility index (Phi) is 8.89. The van der Waals surface area contributed by atoms with Gasteiger partial charge in [0.15, 0.2) is 18.1 Å². The van der Waals surface area contributed by atoms with Gasteiger partial charge in [0.1, 0.15) is 6.04 Å². The van der Waals surface area contributed by atoms with E-state index in [2.05, 4.69) is 6.58 Å². The second-order valence-corrected chi connectivity index (χ2v) is 7.59. The number of carbonyl (C=O) groups is 4. The molecule has 0 aliphatic carbocycles. The van der Waals surface area contributed by atoms with Gasteiger partial charge in [-0.2, -0.15) is 0 Å². The van der Waals surface area contributed by atoms with Crippen molar-refractivity contribution in [2.75, 3.05) is 19.8 Å². The van der Waals surface area contributed by atoms with E-state index in [1.165, 1.54) is 13.0 Å². The summed E-state index contributed by atoms with van der Waals surface area (Å²) in [7, 11) is 0. The van der Waals surface area contributed by atoms with Crippen LogP contribution in [0.3, 0.4) is 0 Å². The minimum atomic E-state index is -1.13. The smallest absolute Gasteiger partial charge is 0.341 e. The molecule has 0 spiro atoms. The molecule has 1 heterocycles. The second kappa shape index (κ2) is 11.4. The number of esters is 1. The molecule has 1 atom stereocenters. The molecular weight excluding hydrogens is 438 g/mol. The summed E-state index contributed by atoms with van der Waals surface area (Å²) in [5.74, 6) is -1.82. The van der Waals surface area contributed by atoms with Gasteiger partial charge in [-0.25, -0.2) is 9.59 Å². The standard InChI is InChI=1S/C22H25NO8S/c1-5-8-15-9-14(10-16(29-6-2)19(15)31-12-18(24)25)11-17-20(26)23(22(28)32-17)13(4)21(27)30-7-3/h5,9-11,13H,1,6-8,12H2,2-4H3,(H,24,25)/b17-11+/t13-/m0/s1. The molecule has 1 N–H and O–H groups in total. The molecule has 10 heteroatoms. The number of hydrogen-bond acceptors (Lipinski definition) is 8. The number of carboxylic acid groups (broad SMARTS) is 1. The van der Waals surface area contributed by atoms with Crippen molar-refractivity contribution in [1.29, 1.82) is 0 Å². The Morgan fingerprint density at radius 3 is 2.53 bits per heavy atom. The van der Waals surface area contributed by atoms with Crippen molar-refractivity contribution in [2.24, 2.45) is 0 Å². The molecule has 2 rings (SSSR count). The summed E-state index contributed by atoms with van der Waals surface area (Å²) in [6.07, 6.45) is 3.49. The molecular formula is C22H25NO8S. The summed E-state index contributed by atoms with van der Waals surface area (Å²) in [5.41, 5.74) is 1.15. The van der Waals surface area contributed by atoms with E-state index in [4.69, 9.17) is 19.3 Å². The molecule has 1 fully saturated rings. The Bertz CT molecular complexity index is 955. The van der Waals surface area contributed by atoms with E-state index in [-0.39, 0.29) is 17.3 Å². The first-order valence-electron chi connectivity index (χ1n) is 9.92. The summed E-state index contributed by atoms with van der Waals surface area (Å²) in [6.45, 7) is 8.43. The fourth-order valence-electron chi connectivity index (χ4n) is 2.97. The minimum Gasteiger partial charge on any atom is -0.490 e. The fraction of sp³-hybridized carbons (Fsp3) is 0.364. The van der Waals surface area contributed by atoms with E-state index in [9.17, 15) is 19.2 Å². The van der Waals surface area contributed by atoms with Crippen LogP contribution in [0.1, 0.15) is 31.9 Å². The molecule has 0 bridgehead atoms. The number of benzene rings is 1. The van der Waals surface area contributed by atoms with Crippen molar-refractivity contribution in [3.8, 4) is 11.5 Å². The third kappa shape index (κ3) is 5.91. The fourth-order valence-corrected chi connectivity index (χ4v) is 3.88. The molecule has 2 amide bonds. The highest BCUT2D eigenvalue weighted by molar-refractivity contribution is 8.18. The maximum Gasteiger partial charge on any atom is 0.341 e. The quantitative estimate of drug-likeness (QED) is 0.299. The maximum absolute atomic E-state index is 12.8. The first-order chi connectivity index (χ1) is 15.2. The predicted octanol–water partition coefficient (Wildman–Crippen LogP) is 3.27. The molecule has 0 aromatic heterocycles. The lowest BCUT2D eigenvalue weighted by molar-refractivity contribution is -0.150. The van der Waals surface area contributed by atoms with Crippen LogP contribution in [0.5, 0.6) is 11.5 Å².